The minimum absolute atomic E-state index is 0.186. The highest BCUT2D eigenvalue weighted by molar-refractivity contribution is 5.77. The lowest BCUT2D eigenvalue weighted by Gasteiger charge is -2.19. The first-order chi connectivity index (χ1) is 13.1. The van der Waals surface area contributed by atoms with Crippen molar-refractivity contribution in [2.24, 2.45) is 0 Å². The number of nitrogens with zero attached hydrogens (tertiary/aromatic N) is 2. The maximum atomic E-state index is 13.4. The Morgan fingerprint density at radius 2 is 1.89 bits per heavy atom. The monoisotopic (exact) mass is 363 g/mol. The summed E-state index contributed by atoms with van der Waals surface area (Å²) >= 11 is 0. The zero-order valence-corrected chi connectivity index (χ0v) is 14.7. The van der Waals surface area contributed by atoms with Crippen molar-refractivity contribution >= 4 is 10.9 Å². The standard InChI is InChI=1S/C21H18FN3O2/c1-14(23-13-17-5-4-12-27-17)20-24-19-7-3-2-6-18(19)21(26)25(20)16-10-8-15(22)9-11-16/h2-12,14,23H,13H2,1H3/t14-/m0/s1. The van der Waals surface area contributed by atoms with Gasteiger partial charge in [0.25, 0.3) is 5.56 Å². The van der Waals surface area contributed by atoms with Gasteiger partial charge in [0.2, 0.25) is 0 Å². The molecule has 0 unspecified atom stereocenters. The fraction of sp³-hybridized carbons (Fsp3) is 0.143. The second-order valence-electron chi connectivity index (χ2n) is 6.29. The Bertz CT molecular complexity index is 1120. The Morgan fingerprint density at radius 3 is 2.63 bits per heavy atom. The molecule has 0 aliphatic heterocycles. The minimum Gasteiger partial charge on any atom is -0.468 e. The molecule has 0 aliphatic rings. The summed E-state index contributed by atoms with van der Waals surface area (Å²) in [5, 5.41) is 3.84. The molecule has 2 aromatic carbocycles. The summed E-state index contributed by atoms with van der Waals surface area (Å²) in [4.78, 5) is 17.9. The lowest BCUT2D eigenvalue weighted by Crippen LogP contribution is -2.30. The zero-order valence-electron chi connectivity index (χ0n) is 14.7. The van der Waals surface area contributed by atoms with Crippen molar-refractivity contribution in [1.82, 2.24) is 14.9 Å². The van der Waals surface area contributed by atoms with E-state index in [2.05, 4.69) is 5.32 Å². The second kappa shape index (κ2) is 7.17. The number of furan rings is 1. The molecule has 0 saturated heterocycles. The number of benzene rings is 2. The van der Waals surface area contributed by atoms with Crippen molar-refractivity contribution in [3.63, 3.8) is 0 Å². The first kappa shape index (κ1) is 17.2. The Kier molecular flexibility index (Phi) is 4.56. The van der Waals surface area contributed by atoms with Crippen LogP contribution >= 0.6 is 0 Å². The molecule has 0 aliphatic carbocycles. The van der Waals surface area contributed by atoms with Crippen LogP contribution in [-0.2, 0) is 6.54 Å². The van der Waals surface area contributed by atoms with Crippen LogP contribution in [0.5, 0.6) is 0 Å². The number of nitrogens with one attached hydrogen (secondary N) is 1. The summed E-state index contributed by atoms with van der Waals surface area (Å²) in [5.74, 6) is 0.987. The molecule has 1 atom stereocenters. The molecule has 4 rings (SSSR count). The molecule has 6 heteroatoms. The SMILES string of the molecule is C[C@H](NCc1ccco1)c1nc2ccccc2c(=O)n1-c1ccc(F)cc1. The van der Waals surface area contributed by atoms with Gasteiger partial charge in [-0.05, 0) is 55.5 Å². The lowest BCUT2D eigenvalue weighted by molar-refractivity contribution is 0.450. The molecule has 5 nitrogen and oxygen atoms in total. The van der Waals surface area contributed by atoms with Crippen LogP contribution in [0.15, 0.2) is 76.1 Å². The molecular formula is C21H18FN3O2. The summed E-state index contributed by atoms with van der Waals surface area (Å²) in [7, 11) is 0. The number of fused-ring (bicyclic) bond motifs is 1. The maximum absolute atomic E-state index is 13.4. The van der Waals surface area contributed by atoms with Crippen molar-refractivity contribution in [3.05, 3.63) is 94.7 Å². The number of aromatic nitrogens is 2. The average molecular weight is 363 g/mol. The molecule has 0 radical (unpaired) electrons. The Balaban J connectivity index is 1.83. The number of para-hydroxylation sites is 1. The van der Waals surface area contributed by atoms with Crippen molar-refractivity contribution in [1.29, 1.82) is 0 Å². The van der Waals surface area contributed by atoms with Crippen LogP contribution in [-0.4, -0.2) is 9.55 Å². The van der Waals surface area contributed by atoms with Gasteiger partial charge in [0.15, 0.2) is 0 Å². The van der Waals surface area contributed by atoms with Gasteiger partial charge in [-0.2, -0.15) is 0 Å². The number of halogens is 1. The molecule has 0 fully saturated rings. The molecule has 136 valence electrons. The number of rotatable bonds is 5. The van der Waals surface area contributed by atoms with Crippen LogP contribution in [0.3, 0.4) is 0 Å². The van der Waals surface area contributed by atoms with Gasteiger partial charge in [-0.25, -0.2) is 9.37 Å². The Morgan fingerprint density at radius 1 is 1.11 bits per heavy atom. The van der Waals surface area contributed by atoms with Crippen LogP contribution in [0.4, 0.5) is 4.39 Å². The van der Waals surface area contributed by atoms with E-state index in [1.807, 2.05) is 31.2 Å². The van der Waals surface area contributed by atoms with Gasteiger partial charge in [-0.3, -0.25) is 9.36 Å². The third-order valence-electron chi connectivity index (χ3n) is 4.44. The quantitative estimate of drug-likeness (QED) is 0.583. The van der Waals surface area contributed by atoms with E-state index in [9.17, 15) is 9.18 Å². The zero-order chi connectivity index (χ0) is 18.8. The normalized spacial score (nSPS) is 12.4. The first-order valence-electron chi connectivity index (χ1n) is 8.67. The molecule has 0 bridgehead atoms. The van der Waals surface area contributed by atoms with Crippen LogP contribution in [0.1, 0.15) is 24.6 Å². The molecule has 0 saturated carbocycles. The molecule has 0 spiro atoms. The van der Waals surface area contributed by atoms with Crippen LogP contribution < -0.4 is 10.9 Å². The highest BCUT2D eigenvalue weighted by Crippen LogP contribution is 2.19. The molecule has 2 aromatic heterocycles. The van der Waals surface area contributed by atoms with Crippen LogP contribution in [0.2, 0.25) is 0 Å². The predicted molar refractivity (Wildman–Crippen MR) is 101 cm³/mol. The van der Waals surface area contributed by atoms with Gasteiger partial charge in [0.1, 0.15) is 17.4 Å². The summed E-state index contributed by atoms with van der Waals surface area (Å²) in [6.45, 7) is 2.43. The van der Waals surface area contributed by atoms with Gasteiger partial charge in [-0.1, -0.05) is 12.1 Å². The topological polar surface area (TPSA) is 60.1 Å². The fourth-order valence-corrected chi connectivity index (χ4v) is 3.04. The third kappa shape index (κ3) is 3.39. The van der Waals surface area contributed by atoms with E-state index in [-0.39, 0.29) is 17.4 Å². The maximum Gasteiger partial charge on any atom is 0.266 e. The highest BCUT2D eigenvalue weighted by atomic mass is 19.1. The highest BCUT2D eigenvalue weighted by Gasteiger charge is 2.18. The molecule has 2 heterocycles. The van der Waals surface area contributed by atoms with Gasteiger partial charge in [0, 0.05) is 0 Å². The second-order valence-corrected chi connectivity index (χ2v) is 6.29. The van der Waals surface area contributed by atoms with Gasteiger partial charge < -0.3 is 9.73 Å². The van der Waals surface area contributed by atoms with E-state index in [0.29, 0.717) is 29.0 Å². The van der Waals surface area contributed by atoms with Crippen molar-refractivity contribution in [2.45, 2.75) is 19.5 Å². The van der Waals surface area contributed by atoms with E-state index < -0.39 is 0 Å². The predicted octanol–water partition coefficient (Wildman–Crippen LogP) is 3.97. The summed E-state index contributed by atoms with van der Waals surface area (Å²) in [6, 6.07) is 16.5. The molecule has 0 amide bonds. The van der Waals surface area contributed by atoms with E-state index in [1.54, 1.807) is 30.5 Å². The Labute approximate surface area is 155 Å². The molecular weight excluding hydrogens is 345 g/mol. The van der Waals surface area contributed by atoms with E-state index in [1.165, 1.54) is 16.7 Å². The average Bonchev–Trinajstić information content (AvgIpc) is 3.21. The summed E-state index contributed by atoms with van der Waals surface area (Å²) in [5.41, 5.74) is 1.01. The molecule has 1 N–H and O–H groups in total. The van der Waals surface area contributed by atoms with Crippen LogP contribution in [0.25, 0.3) is 16.6 Å². The minimum atomic E-state index is -0.355. The fourth-order valence-electron chi connectivity index (χ4n) is 3.04. The third-order valence-corrected chi connectivity index (χ3v) is 4.44. The summed E-state index contributed by atoms with van der Waals surface area (Å²) < 4.78 is 20.2. The summed E-state index contributed by atoms with van der Waals surface area (Å²) in [6.07, 6.45) is 1.62. The molecule has 27 heavy (non-hydrogen) atoms. The smallest absolute Gasteiger partial charge is 0.266 e. The van der Waals surface area contributed by atoms with E-state index >= 15 is 0 Å². The number of hydrogen-bond acceptors (Lipinski definition) is 4. The van der Waals surface area contributed by atoms with E-state index in [4.69, 9.17) is 9.40 Å². The Hall–Kier alpha value is -3.25. The van der Waals surface area contributed by atoms with Gasteiger partial charge >= 0.3 is 0 Å². The number of hydrogen-bond donors (Lipinski definition) is 1. The van der Waals surface area contributed by atoms with Crippen molar-refractivity contribution < 1.29 is 8.81 Å². The first-order valence-corrected chi connectivity index (χ1v) is 8.67. The van der Waals surface area contributed by atoms with Gasteiger partial charge in [0.05, 0.1) is 35.4 Å². The van der Waals surface area contributed by atoms with Gasteiger partial charge in [-0.15, -0.1) is 0 Å². The largest absolute Gasteiger partial charge is 0.468 e. The van der Waals surface area contributed by atoms with Crippen molar-refractivity contribution in [3.8, 4) is 5.69 Å². The lowest BCUT2D eigenvalue weighted by atomic mass is 10.2. The molecule has 4 aromatic rings. The van der Waals surface area contributed by atoms with Crippen LogP contribution in [0, 0.1) is 5.82 Å². The van der Waals surface area contributed by atoms with E-state index in [0.717, 1.165) is 5.76 Å². The van der Waals surface area contributed by atoms with Crippen molar-refractivity contribution in [2.75, 3.05) is 0 Å².